The minimum absolute atomic E-state index is 0.00787. The molecule has 2 aromatic carbocycles. The summed E-state index contributed by atoms with van der Waals surface area (Å²) in [6.07, 6.45) is -0.684. The Hall–Kier alpha value is -2.54. The summed E-state index contributed by atoms with van der Waals surface area (Å²) in [7, 11) is -4.27. The minimum Gasteiger partial charge on any atom is -0.490 e. The Morgan fingerprint density at radius 2 is 1.87 bits per heavy atom. The number of aliphatic hydroxyl groups is 1. The SMILES string of the molecule is N#Cc1ccc(S(=O)(=O)[C@@]23CCO[C@@H](CCO)C2COc2c(F)ccc(F)c23)cc1. The quantitative estimate of drug-likeness (QED) is 0.793. The van der Waals surface area contributed by atoms with E-state index in [-0.39, 0.29) is 48.7 Å². The average molecular weight is 435 g/mol. The van der Waals surface area contributed by atoms with Gasteiger partial charge in [-0.2, -0.15) is 5.26 Å². The van der Waals surface area contributed by atoms with Crippen LogP contribution >= 0.6 is 0 Å². The smallest absolute Gasteiger partial charge is 0.189 e. The van der Waals surface area contributed by atoms with Crippen LogP contribution in [0.2, 0.25) is 0 Å². The summed E-state index contributed by atoms with van der Waals surface area (Å²) in [6, 6.07) is 9.04. The molecule has 0 bridgehead atoms. The number of nitriles is 1. The number of aliphatic hydroxyl groups excluding tert-OH is 1. The molecule has 1 fully saturated rings. The first-order valence-corrected chi connectivity index (χ1v) is 10.9. The van der Waals surface area contributed by atoms with Gasteiger partial charge in [-0.25, -0.2) is 17.2 Å². The van der Waals surface area contributed by atoms with Crippen molar-refractivity contribution in [2.24, 2.45) is 5.92 Å². The van der Waals surface area contributed by atoms with Crippen molar-refractivity contribution in [2.45, 2.75) is 28.6 Å². The van der Waals surface area contributed by atoms with Gasteiger partial charge in [-0.3, -0.25) is 0 Å². The lowest BCUT2D eigenvalue weighted by atomic mass is 9.75. The van der Waals surface area contributed by atoms with E-state index >= 15 is 4.39 Å². The van der Waals surface area contributed by atoms with Gasteiger partial charge in [0.15, 0.2) is 21.4 Å². The molecular weight excluding hydrogens is 416 g/mol. The van der Waals surface area contributed by atoms with Gasteiger partial charge < -0.3 is 14.6 Å². The lowest BCUT2D eigenvalue weighted by Crippen LogP contribution is -2.57. The van der Waals surface area contributed by atoms with Gasteiger partial charge in [-0.1, -0.05) is 0 Å². The van der Waals surface area contributed by atoms with Gasteiger partial charge in [0.05, 0.1) is 34.8 Å². The van der Waals surface area contributed by atoms with Gasteiger partial charge in [-0.05, 0) is 49.2 Å². The van der Waals surface area contributed by atoms with Crippen molar-refractivity contribution >= 4 is 9.84 Å². The van der Waals surface area contributed by atoms with Gasteiger partial charge in [0.1, 0.15) is 10.6 Å². The summed E-state index contributed by atoms with van der Waals surface area (Å²) in [5.41, 5.74) is -0.0629. The largest absolute Gasteiger partial charge is 0.490 e. The van der Waals surface area contributed by atoms with E-state index in [0.717, 1.165) is 12.1 Å². The van der Waals surface area contributed by atoms with Crippen LogP contribution in [0.4, 0.5) is 8.78 Å². The van der Waals surface area contributed by atoms with E-state index in [1.807, 2.05) is 6.07 Å². The molecule has 1 unspecified atom stereocenters. The first-order valence-electron chi connectivity index (χ1n) is 9.45. The highest BCUT2D eigenvalue weighted by Crippen LogP contribution is 2.55. The number of benzene rings is 2. The molecule has 9 heteroatoms. The fourth-order valence-electron chi connectivity index (χ4n) is 4.56. The maximum atomic E-state index is 15.1. The predicted octanol–water partition coefficient (Wildman–Crippen LogP) is 2.69. The summed E-state index contributed by atoms with van der Waals surface area (Å²) < 4.78 is 66.9. The van der Waals surface area contributed by atoms with Gasteiger partial charge in [0.25, 0.3) is 0 Å². The van der Waals surface area contributed by atoms with Crippen LogP contribution in [-0.4, -0.2) is 39.4 Å². The third kappa shape index (κ3) is 2.90. The Morgan fingerprint density at radius 1 is 1.17 bits per heavy atom. The molecule has 4 rings (SSSR count). The molecule has 0 spiro atoms. The first kappa shape index (κ1) is 20.7. The molecule has 1 saturated heterocycles. The van der Waals surface area contributed by atoms with E-state index in [9.17, 15) is 17.9 Å². The third-order valence-electron chi connectivity index (χ3n) is 5.93. The fraction of sp³-hybridized carbons (Fsp3) is 0.381. The number of nitrogens with zero attached hydrogens (tertiary/aromatic N) is 1. The van der Waals surface area contributed by atoms with Crippen molar-refractivity contribution in [3.05, 3.63) is 59.2 Å². The maximum Gasteiger partial charge on any atom is 0.189 e. The van der Waals surface area contributed by atoms with Crippen molar-refractivity contribution in [1.82, 2.24) is 0 Å². The topological polar surface area (TPSA) is 96.6 Å². The van der Waals surface area contributed by atoms with Gasteiger partial charge in [-0.15, -0.1) is 0 Å². The molecule has 158 valence electrons. The molecule has 2 aliphatic rings. The van der Waals surface area contributed by atoms with Crippen molar-refractivity contribution < 1.29 is 31.8 Å². The van der Waals surface area contributed by atoms with Gasteiger partial charge in [0.2, 0.25) is 0 Å². The normalized spacial score (nSPS) is 25.5. The lowest BCUT2D eigenvalue weighted by Gasteiger charge is -2.50. The van der Waals surface area contributed by atoms with E-state index in [2.05, 4.69) is 0 Å². The molecule has 2 heterocycles. The number of hydrogen-bond acceptors (Lipinski definition) is 6. The second kappa shape index (κ2) is 7.61. The fourth-order valence-corrected chi connectivity index (χ4v) is 6.90. The molecule has 0 saturated carbocycles. The number of sulfone groups is 1. The first-order chi connectivity index (χ1) is 14.4. The van der Waals surface area contributed by atoms with E-state index in [1.54, 1.807) is 0 Å². The molecule has 30 heavy (non-hydrogen) atoms. The van der Waals surface area contributed by atoms with Crippen LogP contribution < -0.4 is 4.74 Å². The second-order valence-corrected chi connectivity index (χ2v) is 9.56. The van der Waals surface area contributed by atoms with Crippen molar-refractivity contribution in [3.8, 4) is 11.8 Å². The minimum atomic E-state index is -4.27. The van der Waals surface area contributed by atoms with Crippen LogP contribution in [-0.2, 0) is 19.3 Å². The predicted molar refractivity (Wildman–Crippen MR) is 101 cm³/mol. The molecule has 2 aliphatic heterocycles. The number of rotatable bonds is 4. The third-order valence-corrected chi connectivity index (χ3v) is 8.49. The van der Waals surface area contributed by atoms with Crippen molar-refractivity contribution in [2.75, 3.05) is 19.8 Å². The molecule has 1 N–H and O–H groups in total. The maximum absolute atomic E-state index is 15.1. The number of ether oxygens (including phenoxy) is 2. The van der Waals surface area contributed by atoms with Crippen molar-refractivity contribution in [3.63, 3.8) is 0 Å². The van der Waals surface area contributed by atoms with Crippen molar-refractivity contribution in [1.29, 1.82) is 5.26 Å². The average Bonchev–Trinajstić information content (AvgIpc) is 2.76. The van der Waals surface area contributed by atoms with Crippen LogP contribution in [0.3, 0.4) is 0 Å². The van der Waals surface area contributed by atoms with Crippen LogP contribution in [0.15, 0.2) is 41.3 Å². The molecule has 3 atom stereocenters. The number of halogens is 2. The second-order valence-electron chi connectivity index (χ2n) is 7.35. The van der Waals surface area contributed by atoms with Crippen LogP contribution in [0.25, 0.3) is 0 Å². The molecule has 0 aromatic heterocycles. The Bertz CT molecular complexity index is 1110. The standard InChI is InChI=1S/C21H19F2NO5S/c22-16-5-6-17(23)20-19(16)21(8-10-28-18(7-9-25)15(21)12-29-20)30(26,27)14-3-1-13(11-24)2-4-14/h1-6,15,18,25H,7-10,12H2/t15?,18-,21-/m0/s1. The lowest BCUT2D eigenvalue weighted by molar-refractivity contribution is -0.0806. The molecule has 2 aromatic rings. The number of fused-ring (bicyclic) bond motifs is 3. The Morgan fingerprint density at radius 3 is 2.53 bits per heavy atom. The summed E-state index contributed by atoms with van der Waals surface area (Å²) in [4.78, 5) is -0.104. The van der Waals surface area contributed by atoms with Crippen LogP contribution in [0.5, 0.6) is 5.75 Å². The van der Waals surface area contributed by atoms with Gasteiger partial charge in [0, 0.05) is 19.1 Å². The van der Waals surface area contributed by atoms with E-state index in [1.165, 1.54) is 24.3 Å². The molecule has 0 amide bonds. The molecule has 0 radical (unpaired) electrons. The highest BCUT2D eigenvalue weighted by atomic mass is 32.2. The molecule has 6 nitrogen and oxygen atoms in total. The molecular formula is C21H19F2NO5S. The summed E-state index contributed by atoms with van der Waals surface area (Å²) in [6.45, 7) is -0.466. The Kier molecular flexibility index (Phi) is 5.26. The molecule has 0 aliphatic carbocycles. The monoisotopic (exact) mass is 435 g/mol. The Labute approximate surface area is 172 Å². The Balaban J connectivity index is 2.00. The van der Waals surface area contributed by atoms with Crippen LogP contribution in [0.1, 0.15) is 24.0 Å². The summed E-state index contributed by atoms with van der Waals surface area (Å²) in [5, 5.41) is 18.4. The van der Waals surface area contributed by atoms with E-state index in [4.69, 9.17) is 14.7 Å². The highest BCUT2D eigenvalue weighted by Gasteiger charge is 2.61. The van der Waals surface area contributed by atoms with E-state index in [0.29, 0.717) is 0 Å². The highest BCUT2D eigenvalue weighted by molar-refractivity contribution is 7.92. The van der Waals surface area contributed by atoms with Gasteiger partial charge >= 0.3 is 0 Å². The zero-order chi connectivity index (χ0) is 21.5. The summed E-state index contributed by atoms with van der Waals surface area (Å²) in [5.74, 6) is -2.99. The zero-order valence-corrected chi connectivity index (χ0v) is 16.7. The summed E-state index contributed by atoms with van der Waals surface area (Å²) >= 11 is 0. The van der Waals surface area contributed by atoms with Crippen LogP contribution in [0, 0.1) is 28.9 Å². The van der Waals surface area contributed by atoms with E-state index < -0.39 is 44.0 Å². The zero-order valence-electron chi connectivity index (χ0n) is 15.8. The number of hydrogen-bond donors (Lipinski definition) is 1.